The van der Waals surface area contributed by atoms with E-state index in [1.807, 2.05) is 39.3 Å². The molecule has 3 aromatic rings. The lowest BCUT2D eigenvalue weighted by Gasteiger charge is -2.33. The third-order valence-electron chi connectivity index (χ3n) is 10.3. The fourth-order valence-corrected chi connectivity index (χ4v) is 8.20. The Labute approximate surface area is 331 Å². The number of hydrogen-bond acceptors (Lipinski definition) is 9. The molecule has 0 aliphatic carbocycles. The van der Waals surface area contributed by atoms with E-state index in [0.29, 0.717) is 49.0 Å². The molecule has 310 valence electrons. The van der Waals surface area contributed by atoms with Crippen LogP contribution in [0, 0.1) is 6.92 Å². The Morgan fingerprint density at radius 1 is 1.07 bits per heavy atom. The summed E-state index contributed by atoms with van der Waals surface area (Å²) in [6.07, 6.45) is -2.44. The van der Waals surface area contributed by atoms with Crippen molar-refractivity contribution in [3.8, 4) is 6.01 Å². The predicted molar refractivity (Wildman–Crippen MR) is 207 cm³/mol. The second-order valence-electron chi connectivity index (χ2n) is 13.9. The number of benzene rings is 1. The molecule has 0 spiro atoms. The summed E-state index contributed by atoms with van der Waals surface area (Å²) >= 11 is 6.10. The van der Waals surface area contributed by atoms with Gasteiger partial charge < -0.3 is 25.0 Å². The van der Waals surface area contributed by atoms with Gasteiger partial charge in [-0.1, -0.05) is 39.3 Å². The lowest BCUT2D eigenvalue weighted by molar-refractivity contribution is -0.139. The molecule has 6 heterocycles. The van der Waals surface area contributed by atoms with Gasteiger partial charge in [-0.3, -0.25) is 14.4 Å². The maximum atomic E-state index is 14.2. The number of hydrogen-bond donors (Lipinski definition) is 1. The van der Waals surface area contributed by atoms with Gasteiger partial charge in [0.25, 0.3) is 12.0 Å². The molecule has 17 heteroatoms. The number of aromatic nitrogens is 4. The zero-order valence-corrected chi connectivity index (χ0v) is 34.1. The fraction of sp³-hybridized carbons (Fsp3) is 0.590. The Hall–Kier alpha value is -4.02. The SMILES string of the molecule is C=C(F)F.CC.CC.Cc1c(C(=O)N(C)C)nn2c1CN(c1nc(OCC34CCCN3CCC4)nc3c1COC(c1cc(N)cc(Cl)c1C(F)(F)F)C3)CCC2. The zero-order valence-electron chi connectivity index (χ0n) is 33.3. The molecular weight excluding hydrogens is 759 g/mol. The molecule has 2 fully saturated rings. The molecule has 1 unspecified atom stereocenters. The van der Waals surface area contributed by atoms with Gasteiger partial charge >= 0.3 is 12.2 Å². The monoisotopic (exact) mass is 812 g/mol. The summed E-state index contributed by atoms with van der Waals surface area (Å²) in [6.45, 7) is 16.3. The van der Waals surface area contributed by atoms with Gasteiger partial charge in [0.15, 0.2) is 5.69 Å². The van der Waals surface area contributed by atoms with Crippen LogP contribution in [-0.2, 0) is 37.0 Å². The fourth-order valence-electron chi connectivity index (χ4n) is 7.86. The lowest BCUT2D eigenvalue weighted by Crippen LogP contribution is -2.43. The maximum Gasteiger partial charge on any atom is 0.418 e. The van der Waals surface area contributed by atoms with Crippen molar-refractivity contribution in [1.82, 2.24) is 29.5 Å². The van der Waals surface area contributed by atoms with E-state index in [9.17, 15) is 26.7 Å². The van der Waals surface area contributed by atoms with Gasteiger partial charge in [-0.05, 0) is 76.4 Å². The van der Waals surface area contributed by atoms with Crippen molar-refractivity contribution in [1.29, 1.82) is 0 Å². The first-order chi connectivity index (χ1) is 26.6. The molecule has 7 rings (SSSR count). The number of nitrogens with two attached hydrogens (primary N) is 1. The summed E-state index contributed by atoms with van der Waals surface area (Å²) in [5.74, 6) is 0.443. The van der Waals surface area contributed by atoms with Crippen LogP contribution < -0.4 is 15.4 Å². The van der Waals surface area contributed by atoms with Gasteiger partial charge in [0.2, 0.25) is 0 Å². The third-order valence-corrected chi connectivity index (χ3v) is 10.6. The second-order valence-corrected chi connectivity index (χ2v) is 14.3. The Morgan fingerprint density at radius 3 is 2.32 bits per heavy atom. The topological polar surface area (TPSA) is 115 Å². The number of nitrogen functional groups attached to an aromatic ring is 1. The standard InChI is InChI=1S/C33H40ClF3N8O3.C2H2F2.2C2H6/c1-19-25-16-43(9-6-12-45(25)41-28(19)30(46)42(2)3)29-22-17-47-26(21-13-20(38)14-23(34)27(21)33(35,36)37)15-24(22)39-31(40-29)48-18-32-7-4-10-44(32)11-5-8-32;1-2(3)4;2*1-2/h13-14,26H,4-12,15-18,38H2,1-3H3;1H2;2*1-2H3. The molecule has 0 bridgehead atoms. The second kappa shape index (κ2) is 18.9. The largest absolute Gasteiger partial charge is 0.461 e. The molecule has 2 N–H and O–H groups in total. The predicted octanol–water partition coefficient (Wildman–Crippen LogP) is 8.62. The van der Waals surface area contributed by atoms with E-state index in [1.165, 1.54) is 11.0 Å². The molecule has 4 aliphatic heterocycles. The molecule has 2 saturated heterocycles. The van der Waals surface area contributed by atoms with Crippen molar-refractivity contribution in [3.63, 3.8) is 0 Å². The number of rotatable bonds is 6. The summed E-state index contributed by atoms with van der Waals surface area (Å²) < 4.78 is 77.5. The van der Waals surface area contributed by atoms with Crippen LogP contribution in [0.15, 0.2) is 24.8 Å². The normalized spacial score (nSPS) is 18.4. The van der Waals surface area contributed by atoms with Crippen molar-refractivity contribution < 1.29 is 36.2 Å². The number of halogens is 6. The number of alkyl halides is 3. The van der Waals surface area contributed by atoms with Crippen molar-refractivity contribution in [2.45, 2.75) is 111 Å². The molecule has 1 aromatic carbocycles. The smallest absolute Gasteiger partial charge is 0.418 e. The van der Waals surface area contributed by atoms with Crippen molar-refractivity contribution in [3.05, 3.63) is 69.2 Å². The highest BCUT2D eigenvalue weighted by Crippen LogP contribution is 2.45. The summed E-state index contributed by atoms with van der Waals surface area (Å²) in [5, 5.41) is 4.18. The number of nitrogens with zero attached hydrogens (tertiary/aromatic N) is 7. The van der Waals surface area contributed by atoms with E-state index in [0.717, 1.165) is 62.5 Å². The van der Waals surface area contributed by atoms with Crippen LogP contribution in [0.25, 0.3) is 0 Å². The van der Waals surface area contributed by atoms with Crippen molar-refractivity contribution >= 4 is 29.0 Å². The van der Waals surface area contributed by atoms with Gasteiger partial charge in [-0.15, -0.1) is 0 Å². The highest BCUT2D eigenvalue weighted by molar-refractivity contribution is 6.31. The van der Waals surface area contributed by atoms with Crippen molar-refractivity contribution in [2.75, 3.05) is 51.0 Å². The lowest BCUT2D eigenvalue weighted by atomic mass is 9.94. The minimum Gasteiger partial charge on any atom is -0.461 e. The summed E-state index contributed by atoms with van der Waals surface area (Å²) in [7, 11) is 3.40. The van der Waals surface area contributed by atoms with Gasteiger partial charge in [-0.25, -0.2) is 0 Å². The van der Waals surface area contributed by atoms with Crippen LogP contribution in [0.1, 0.15) is 110 Å². The molecule has 1 amide bonds. The number of aryl methyl sites for hydroxylation is 1. The van der Waals surface area contributed by atoms with Gasteiger partial charge in [-0.2, -0.15) is 37.0 Å². The van der Waals surface area contributed by atoms with E-state index < -0.39 is 28.9 Å². The highest BCUT2D eigenvalue weighted by atomic mass is 35.5. The Balaban J connectivity index is 0.000000808. The van der Waals surface area contributed by atoms with E-state index in [4.69, 9.17) is 36.8 Å². The van der Waals surface area contributed by atoms with E-state index in [-0.39, 0.29) is 41.7 Å². The summed E-state index contributed by atoms with van der Waals surface area (Å²) in [6, 6.07) is 2.58. The van der Waals surface area contributed by atoms with Gasteiger partial charge in [0.1, 0.15) is 12.4 Å². The van der Waals surface area contributed by atoms with E-state index >= 15 is 0 Å². The minimum absolute atomic E-state index is 0.0177. The number of fused-ring (bicyclic) bond motifs is 3. The Kier molecular flexibility index (Phi) is 15.1. The number of carbonyl (C=O) groups excluding carboxylic acids is 1. The summed E-state index contributed by atoms with van der Waals surface area (Å²) in [4.78, 5) is 28.8. The van der Waals surface area contributed by atoms with E-state index in [1.54, 1.807) is 14.1 Å². The molecule has 2 aromatic heterocycles. The van der Waals surface area contributed by atoms with Crippen LogP contribution in [0.4, 0.5) is 33.5 Å². The Bertz CT molecular complexity index is 1840. The molecule has 0 saturated carbocycles. The van der Waals surface area contributed by atoms with Crippen LogP contribution in [0.2, 0.25) is 5.02 Å². The first-order valence-electron chi connectivity index (χ1n) is 19.2. The van der Waals surface area contributed by atoms with Gasteiger partial charge in [0.05, 0.1) is 46.8 Å². The number of carbonyl (C=O) groups is 1. The third kappa shape index (κ3) is 9.74. The maximum absolute atomic E-state index is 14.2. The Morgan fingerprint density at radius 2 is 1.71 bits per heavy atom. The van der Waals surface area contributed by atoms with Crippen LogP contribution in [0.3, 0.4) is 0 Å². The molecule has 1 atom stereocenters. The molecular formula is C39H54ClF5N8O3. The van der Waals surface area contributed by atoms with Gasteiger partial charge in [0, 0.05) is 50.4 Å². The quantitative estimate of drug-likeness (QED) is 0.193. The molecule has 0 radical (unpaired) electrons. The first-order valence-corrected chi connectivity index (χ1v) is 19.5. The van der Waals surface area contributed by atoms with Crippen LogP contribution >= 0.6 is 11.6 Å². The average Bonchev–Trinajstić information content (AvgIpc) is 3.77. The van der Waals surface area contributed by atoms with Crippen LogP contribution in [0.5, 0.6) is 6.01 Å². The highest BCUT2D eigenvalue weighted by Gasteiger charge is 2.45. The summed E-state index contributed by atoms with van der Waals surface area (Å²) in [5.41, 5.74) is 8.32. The van der Waals surface area contributed by atoms with Crippen LogP contribution in [-0.4, -0.2) is 81.3 Å². The zero-order chi connectivity index (χ0) is 41.5. The van der Waals surface area contributed by atoms with E-state index in [2.05, 4.69) is 21.5 Å². The van der Waals surface area contributed by atoms with Crippen molar-refractivity contribution in [2.24, 2.45) is 0 Å². The first kappa shape index (κ1) is 44.7. The average molecular weight is 813 g/mol. The number of anilines is 2. The number of amides is 1. The number of ether oxygens (including phenoxy) is 2. The molecule has 4 aliphatic rings. The molecule has 11 nitrogen and oxygen atoms in total. The minimum atomic E-state index is -4.71. The molecule has 56 heavy (non-hydrogen) atoms.